The molecule has 0 aromatic carbocycles. The number of nitrogens with one attached hydrogen (secondary N) is 1. The molecule has 0 aromatic heterocycles. The molecule has 4 aliphatic carbocycles. The number of hydrogen-bond donors (Lipinski definition) is 3. The minimum atomic E-state index is -0.488. The monoisotopic (exact) mass is 477 g/mol. The number of aliphatic hydroxyl groups excluding tert-OH is 2. The zero-order valence-electron chi connectivity index (χ0n) is 21.8. The number of rotatable bonds is 7. The highest BCUT2D eigenvalue weighted by molar-refractivity contribution is 5.85. The van der Waals surface area contributed by atoms with E-state index in [2.05, 4.69) is 24.3 Å². The molecule has 3 N–H and O–H groups in total. The summed E-state index contributed by atoms with van der Waals surface area (Å²) >= 11 is 0. The predicted molar refractivity (Wildman–Crippen MR) is 133 cm³/mol. The highest BCUT2D eigenvalue weighted by Gasteiger charge is 2.60. The van der Waals surface area contributed by atoms with E-state index in [9.17, 15) is 15.0 Å². The number of likely N-dealkylation sites (N-methyl/N-ethyl adjacent to an activating group) is 1. The lowest BCUT2D eigenvalue weighted by atomic mass is 9.44. The largest absolute Gasteiger partial charge is 0.436 e. The van der Waals surface area contributed by atoms with Gasteiger partial charge in [0.05, 0.1) is 18.4 Å². The highest BCUT2D eigenvalue weighted by Crippen LogP contribution is 2.67. The quantitative estimate of drug-likeness (QED) is 0.292. The second kappa shape index (κ2) is 10.4. The van der Waals surface area contributed by atoms with Gasteiger partial charge in [-0.1, -0.05) is 19.0 Å². The molecule has 4 saturated carbocycles. The molecular formula is C27H47N3O4. The number of nitrogens with zero attached hydrogens (tertiary/aromatic N) is 2. The first-order valence-electron chi connectivity index (χ1n) is 13.7. The summed E-state index contributed by atoms with van der Waals surface area (Å²) in [4.78, 5) is 19.4. The Balaban J connectivity index is 1.43. The van der Waals surface area contributed by atoms with Crippen LogP contribution in [0, 0.1) is 40.4 Å². The molecule has 8 atom stereocenters. The lowest BCUT2D eigenvalue weighted by Gasteiger charge is -2.61. The highest BCUT2D eigenvalue weighted by atomic mass is 16.7. The molecule has 7 nitrogen and oxygen atoms in total. The molecule has 0 spiro atoms. The number of oxime groups is 1. The lowest BCUT2D eigenvalue weighted by Crippen LogP contribution is -2.54. The Morgan fingerprint density at radius 1 is 1.06 bits per heavy atom. The standard InChI is InChI=1S/C27H47N3O4/c1-18(29-34-25(33)30(15-16-31)14-13-28-4)22-7-8-23-21-6-5-19-17-20(32)9-11-26(19,2)24(21)10-12-27(22,23)3/h19-24,28,31-32H,5-17H2,1-4H3/b29-18+/t19-,20+,21-,22+,23-,24-,26-,27+/m0/s1. The normalized spacial score (nSPS) is 41.9. The van der Waals surface area contributed by atoms with E-state index in [1.807, 2.05) is 14.0 Å². The molecule has 0 bridgehead atoms. The Labute approximate surface area is 205 Å². The number of hydrogen-bond acceptors (Lipinski definition) is 6. The van der Waals surface area contributed by atoms with E-state index in [1.54, 1.807) is 0 Å². The maximum Gasteiger partial charge on any atom is 0.436 e. The number of aliphatic hydroxyl groups is 2. The van der Waals surface area contributed by atoms with Gasteiger partial charge in [-0.3, -0.25) is 4.84 Å². The fourth-order valence-electron chi connectivity index (χ4n) is 8.82. The maximum absolute atomic E-state index is 12.5. The van der Waals surface area contributed by atoms with Crippen LogP contribution >= 0.6 is 0 Å². The van der Waals surface area contributed by atoms with Crippen LogP contribution in [0.2, 0.25) is 0 Å². The topological polar surface area (TPSA) is 94.4 Å². The molecule has 0 heterocycles. The van der Waals surface area contributed by atoms with Crippen LogP contribution in [0.1, 0.15) is 78.6 Å². The van der Waals surface area contributed by atoms with Crippen molar-refractivity contribution in [2.45, 2.75) is 84.7 Å². The first-order chi connectivity index (χ1) is 16.2. The molecule has 0 saturated heterocycles. The molecule has 0 unspecified atom stereocenters. The molecule has 0 radical (unpaired) electrons. The summed E-state index contributed by atoms with van der Waals surface area (Å²) in [5.74, 6) is 3.31. The molecule has 0 aromatic rings. The van der Waals surface area contributed by atoms with E-state index in [4.69, 9.17) is 4.84 Å². The number of carbonyl (C=O) groups excluding carboxylic acids is 1. The minimum Gasteiger partial charge on any atom is -0.395 e. The van der Waals surface area contributed by atoms with Gasteiger partial charge in [0.25, 0.3) is 0 Å². The third-order valence-corrected chi connectivity index (χ3v) is 10.7. The Bertz CT molecular complexity index is 760. The van der Waals surface area contributed by atoms with Gasteiger partial charge < -0.3 is 20.4 Å². The van der Waals surface area contributed by atoms with Crippen LogP contribution in [-0.2, 0) is 4.84 Å². The third kappa shape index (κ3) is 4.64. The van der Waals surface area contributed by atoms with Gasteiger partial charge in [0.2, 0.25) is 0 Å². The van der Waals surface area contributed by atoms with Crippen LogP contribution in [0.25, 0.3) is 0 Å². The molecule has 194 valence electrons. The van der Waals surface area contributed by atoms with Crippen molar-refractivity contribution in [3.05, 3.63) is 0 Å². The van der Waals surface area contributed by atoms with Crippen molar-refractivity contribution in [3.8, 4) is 0 Å². The summed E-state index contributed by atoms with van der Waals surface area (Å²) < 4.78 is 0. The number of carbonyl (C=O) groups is 1. The van der Waals surface area contributed by atoms with E-state index in [1.165, 1.54) is 43.4 Å². The molecule has 4 aliphatic rings. The van der Waals surface area contributed by atoms with Crippen LogP contribution in [0.15, 0.2) is 5.16 Å². The van der Waals surface area contributed by atoms with Crippen LogP contribution < -0.4 is 5.32 Å². The van der Waals surface area contributed by atoms with Crippen molar-refractivity contribution in [1.82, 2.24) is 10.2 Å². The van der Waals surface area contributed by atoms with Crippen LogP contribution in [-0.4, -0.2) is 66.3 Å². The van der Waals surface area contributed by atoms with Gasteiger partial charge in [0.15, 0.2) is 0 Å². The first kappa shape index (κ1) is 25.9. The Morgan fingerprint density at radius 3 is 2.53 bits per heavy atom. The first-order valence-corrected chi connectivity index (χ1v) is 13.7. The summed E-state index contributed by atoms with van der Waals surface area (Å²) in [5, 5.41) is 26.9. The lowest BCUT2D eigenvalue weighted by molar-refractivity contribution is -0.123. The summed E-state index contributed by atoms with van der Waals surface area (Å²) in [6.07, 6.45) is 10.0. The zero-order chi connectivity index (χ0) is 24.5. The van der Waals surface area contributed by atoms with Crippen molar-refractivity contribution < 1.29 is 19.8 Å². The van der Waals surface area contributed by atoms with Gasteiger partial charge in [0, 0.05) is 25.6 Å². The third-order valence-electron chi connectivity index (χ3n) is 10.7. The maximum atomic E-state index is 12.5. The van der Waals surface area contributed by atoms with Crippen LogP contribution in [0.5, 0.6) is 0 Å². The van der Waals surface area contributed by atoms with E-state index >= 15 is 0 Å². The molecule has 4 fully saturated rings. The van der Waals surface area contributed by atoms with Crippen molar-refractivity contribution in [1.29, 1.82) is 0 Å². The van der Waals surface area contributed by atoms with Crippen molar-refractivity contribution >= 4 is 11.8 Å². The van der Waals surface area contributed by atoms with Gasteiger partial charge in [-0.05, 0) is 106 Å². The Kier molecular flexibility index (Phi) is 7.95. The summed E-state index contributed by atoms with van der Waals surface area (Å²) in [6, 6.07) is 0. The summed E-state index contributed by atoms with van der Waals surface area (Å²) in [5.41, 5.74) is 1.55. The summed E-state index contributed by atoms with van der Waals surface area (Å²) in [6.45, 7) is 8.31. The molecular weight excluding hydrogens is 430 g/mol. The second-order valence-electron chi connectivity index (χ2n) is 12.2. The fraction of sp³-hybridized carbons (Fsp3) is 0.926. The second-order valence-corrected chi connectivity index (χ2v) is 12.2. The molecule has 34 heavy (non-hydrogen) atoms. The van der Waals surface area contributed by atoms with Gasteiger partial charge in [0.1, 0.15) is 0 Å². The SMILES string of the molecule is CNCCN(CCO)C(=O)O/N=C(\C)[C@H]1CC[C@H]2[C@@H]3CC[C@H]4C[C@H](O)CC[C@]4(C)[C@H]3CC[C@]12C. The predicted octanol–water partition coefficient (Wildman–Crippen LogP) is 4.03. The van der Waals surface area contributed by atoms with Crippen LogP contribution in [0.4, 0.5) is 4.79 Å². The van der Waals surface area contributed by atoms with Gasteiger partial charge in [-0.2, -0.15) is 0 Å². The summed E-state index contributed by atoms with van der Waals surface area (Å²) in [7, 11) is 1.83. The number of amides is 1. The molecule has 0 aliphatic heterocycles. The Morgan fingerprint density at radius 2 is 1.79 bits per heavy atom. The number of fused-ring (bicyclic) bond motifs is 5. The van der Waals surface area contributed by atoms with Crippen LogP contribution in [0.3, 0.4) is 0 Å². The Hall–Kier alpha value is -1.18. The zero-order valence-corrected chi connectivity index (χ0v) is 21.8. The van der Waals surface area contributed by atoms with E-state index in [0.717, 1.165) is 36.8 Å². The van der Waals surface area contributed by atoms with E-state index in [-0.39, 0.29) is 24.7 Å². The van der Waals surface area contributed by atoms with Gasteiger partial charge in [-0.25, -0.2) is 4.79 Å². The van der Waals surface area contributed by atoms with Crippen molar-refractivity contribution in [2.75, 3.05) is 33.3 Å². The van der Waals surface area contributed by atoms with Gasteiger partial charge in [-0.15, -0.1) is 0 Å². The van der Waals surface area contributed by atoms with E-state index in [0.29, 0.717) is 36.3 Å². The minimum absolute atomic E-state index is 0.0903. The average Bonchev–Trinajstić information content (AvgIpc) is 3.17. The smallest absolute Gasteiger partial charge is 0.395 e. The average molecular weight is 478 g/mol. The van der Waals surface area contributed by atoms with E-state index < -0.39 is 6.09 Å². The molecule has 4 rings (SSSR count). The molecule has 7 heteroatoms. The van der Waals surface area contributed by atoms with Crippen molar-refractivity contribution in [2.24, 2.45) is 45.6 Å². The fourth-order valence-corrected chi connectivity index (χ4v) is 8.82. The molecule has 1 amide bonds. The van der Waals surface area contributed by atoms with Crippen molar-refractivity contribution in [3.63, 3.8) is 0 Å². The van der Waals surface area contributed by atoms with Gasteiger partial charge >= 0.3 is 6.09 Å².